The predicted molar refractivity (Wildman–Crippen MR) is 72.5 cm³/mol. The van der Waals surface area contributed by atoms with Crippen LogP contribution in [-0.4, -0.2) is 19.3 Å². The molecule has 1 aromatic carbocycles. The maximum absolute atomic E-state index is 5.60. The van der Waals surface area contributed by atoms with E-state index in [1.807, 2.05) is 0 Å². The Hall–Kier alpha value is -1.02. The van der Waals surface area contributed by atoms with Gasteiger partial charge >= 0.3 is 0 Å². The zero-order chi connectivity index (χ0) is 11.9. The molecule has 0 spiro atoms. The summed E-state index contributed by atoms with van der Waals surface area (Å²) in [6.45, 7) is 4.18. The van der Waals surface area contributed by atoms with Crippen LogP contribution in [0.15, 0.2) is 24.3 Å². The van der Waals surface area contributed by atoms with Crippen LogP contribution >= 0.6 is 0 Å². The fourth-order valence-corrected chi connectivity index (χ4v) is 2.33. The highest BCUT2D eigenvalue weighted by atomic mass is 16.5. The van der Waals surface area contributed by atoms with E-state index in [4.69, 9.17) is 4.74 Å². The first-order valence-corrected chi connectivity index (χ1v) is 6.83. The van der Waals surface area contributed by atoms with Crippen LogP contribution in [0.2, 0.25) is 0 Å². The van der Waals surface area contributed by atoms with Crippen LogP contribution in [0.1, 0.15) is 38.2 Å². The molecule has 0 aromatic heterocycles. The number of aryl methyl sites for hydroxylation is 1. The van der Waals surface area contributed by atoms with Gasteiger partial charge in [-0.2, -0.15) is 0 Å². The Morgan fingerprint density at radius 3 is 2.76 bits per heavy atom. The van der Waals surface area contributed by atoms with Crippen molar-refractivity contribution in [2.45, 2.75) is 45.1 Å². The summed E-state index contributed by atoms with van der Waals surface area (Å²) in [5.41, 5.74) is 2.65. The van der Waals surface area contributed by atoms with Crippen LogP contribution in [0.4, 0.5) is 5.69 Å². The molecule has 0 aliphatic carbocycles. The molecule has 1 N–H and O–H groups in total. The number of benzene rings is 1. The fourth-order valence-electron chi connectivity index (χ4n) is 2.33. The van der Waals surface area contributed by atoms with Gasteiger partial charge in [0.1, 0.15) is 0 Å². The smallest absolute Gasteiger partial charge is 0.0592 e. The van der Waals surface area contributed by atoms with Gasteiger partial charge < -0.3 is 10.1 Å². The van der Waals surface area contributed by atoms with Gasteiger partial charge in [-0.1, -0.05) is 25.5 Å². The summed E-state index contributed by atoms with van der Waals surface area (Å²) >= 11 is 0. The highest BCUT2D eigenvalue weighted by Gasteiger charge is 2.14. The van der Waals surface area contributed by atoms with E-state index in [-0.39, 0.29) is 0 Å². The van der Waals surface area contributed by atoms with E-state index in [9.17, 15) is 0 Å². The quantitative estimate of drug-likeness (QED) is 0.810. The van der Waals surface area contributed by atoms with Crippen LogP contribution < -0.4 is 5.32 Å². The molecular formula is C15H23NO. The lowest BCUT2D eigenvalue weighted by Gasteiger charge is -2.11. The molecule has 1 aromatic rings. The second kappa shape index (κ2) is 6.65. The zero-order valence-corrected chi connectivity index (χ0v) is 10.7. The molecule has 1 aliphatic heterocycles. The largest absolute Gasteiger partial charge is 0.385 e. The summed E-state index contributed by atoms with van der Waals surface area (Å²) in [6.07, 6.45) is 6.47. The molecule has 1 heterocycles. The summed E-state index contributed by atoms with van der Waals surface area (Å²) in [5, 5.41) is 3.46. The summed E-state index contributed by atoms with van der Waals surface area (Å²) in [6, 6.07) is 8.80. The van der Waals surface area contributed by atoms with Crippen molar-refractivity contribution in [3.8, 4) is 0 Å². The minimum absolute atomic E-state index is 0.488. The molecule has 0 bridgehead atoms. The van der Waals surface area contributed by atoms with Crippen LogP contribution in [0.3, 0.4) is 0 Å². The number of anilines is 1. The predicted octanol–water partition coefficient (Wildman–Crippen LogP) is 3.62. The van der Waals surface area contributed by atoms with Crippen molar-refractivity contribution >= 4 is 5.69 Å². The minimum atomic E-state index is 0.488. The van der Waals surface area contributed by atoms with Crippen molar-refractivity contribution in [1.82, 2.24) is 0 Å². The average molecular weight is 233 g/mol. The Morgan fingerprint density at radius 2 is 2.12 bits per heavy atom. The first-order chi connectivity index (χ1) is 8.38. The molecule has 2 nitrogen and oxygen atoms in total. The van der Waals surface area contributed by atoms with Crippen molar-refractivity contribution in [3.63, 3.8) is 0 Å². The van der Waals surface area contributed by atoms with Crippen molar-refractivity contribution in [1.29, 1.82) is 0 Å². The van der Waals surface area contributed by atoms with Gasteiger partial charge in [-0.25, -0.2) is 0 Å². The van der Waals surface area contributed by atoms with E-state index in [1.165, 1.54) is 36.9 Å². The van der Waals surface area contributed by atoms with Crippen molar-refractivity contribution in [2.75, 3.05) is 18.5 Å². The van der Waals surface area contributed by atoms with Crippen molar-refractivity contribution in [3.05, 3.63) is 29.8 Å². The van der Waals surface area contributed by atoms with E-state index >= 15 is 0 Å². The summed E-state index contributed by atoms with van der Waals surface area (Å²) in [4.78, 5) is 0. The third kappa shape index (κ3) is 4.04. The molecule has 1 saturated heterocycles. The van der Waals surface area contributed by atoms with E-state index in [0.29, 0.717) is 6.10 Å². The van der Waals surface area contributed by atoms with E-state index in [1.54, 1.807) is 0 Å². The highest BCUT2D eigenvalue weighted by molar-refractivity contribution is 5.44. The van der Waals surface area contributed by atoms with Gasteiger partial charge in [0.05, 0.1) is 6.10 Å². The third-order valence-electron chi connectivity index (χ3n) is 3.31. The van der Waals surface area contributed by atoms with Crippen LogP contribution in [0.5, 0.6) is 0 Å². The molecule has 0 amide bonds. The monoisotopic (exact) mass is 233 g/mol. The maximum atomic E-state index is 5.60. The topological polar surface area (TPSA) is 21.3 Å². The Kier molecular flexibility index (Phi) is 4.87. The Morgan fingerprint density at radius 1 is 1.29 bits per heavy atom. The summed E-state index contributed by atoms with van der Waals surface area (Å²) < 4.78 is 5.60. The average Bonchev–Trinajstić information content (AvgIpc) is 2.85. The molecule has 0 radical (unpaired) electrons. The van der Waals surface area contributed by atoms with E-state index in [2.05, 4.69) is 36.5 Å². The van der Waals surface area contributed by atoms with Gasteiger partial charge in [-0.15, -0.1) is 0 Å². The minimum Gasteiger partial charge on any atom is -0.385 e. The molecule has 1 unspecified atom stereocenters. The first kappa shape index (κ1) is 12.4. The second-order valence-corrected chi connectivity index (χ2v) is 4.80. The van der Waals surface area contributed by atoms with Gasteiger partial charge in [-0.3, -0.25) is 0 Å². The lowest BCUT2D eigenvalue weighted by molar-refractivity contribution is 0.107. The lowest BCUT2D eigenvalue weighted by Crippen LogP contribution is -2.12. The van der Waals surface area contributed by atoms with Crippen molar-refractivity contribution in [2.24, 2.45) is 0 Å². The van der Waals surface area contributed by atoms with Gasteiger partial charge in [-0.05, 0) is 43.4 Å². The summed E-state index contributed by atoms with van der Waals surface area (Å²) in [7, 11) is 0. The molecule has 1 atom stereocenters. The molecule has 1 aliphatic rings. The molecule has 2 rings (SSSR count). The van der Waals surface area contributed by atoms with Crippen LogP contribution in [0, 0.1) is 0 Å². The van der Waals surface area contributed by atoms with Gasteiger partial charge in [0.2, 0.25) is 0 Å². The molecule has 17 heavy (non-hydrogen) atoms. The maximum Gasteiger partial charge on any atom is 0.0592 e. The fraction of sp³-hybridized carbons (Fsp3) is 0.600. The van der Waals surface area contributed by atoms with Gasteiger partial charge in [0, 0.05) is 18.8 Å². The van der Waals surface area contributed by atoms with E-state index < -0.39 is 0 Å². The van der Waals surface area contributed by atoms with Gasteiger partial charge in [0.25, 0.3) is 0 Å². The number of hydrogen-bond acceptors (Lipinski definition) is 2. The number of hydrogen-bond donors (Lipinski definition) is 1. The van der Waals surface area contributed by atoms with Crippen LogP contribution in [-0.2, 0) is 11.2 Å². The second-order valence-electron chi connectivity index (χ2n) is 4.80. The summed E-state index contributed by atoms with van der Waals surface area (Å²) in [5.74, 6) is 0. The molecule has 0 saturated carbocycles. The molecule has 1 fully saturated rings. The number of rotatable bonds is 6. The standard InChI is InChI=1S/C15H23NO/c1-2-4-13-6-8-14(9-7-13)16-11-10-15-5-3-12-17-15/h6-9,15-16H,2-5,10-12H2,1H3. The molecule has 94 valence electrons. The first-order valence-electron chi connectivity index (χ1n) is 6.83. The third-order valence-corrected chi connectivity index (χ3v) is 3.31. The van der Waals surface area contributed by atoms with E-state index in [0.717, 1.165) is 19.6 Å². The Bertz CT molecular complexity index is 314. The Balaban J connectivity index is 1.70. The Labute approximate surface area is 104 Å². The highest BCUT2D eigenvalue weighted by Crippen LogP contribution is 2.16. The lowest BCUT2D eigenvalue weighted by atomic mass is 10.1. The van der Waals surface area contributed by atoms with Crippen molar-refractivity contribution < 1.29 is 4.74 Å². The van der Waals surface area contributed by atoms with Gasteiger partial charge in [0.15, 0.2) is 0 Å². The zero-order valence-electron chi connectivity index (χ0n) is 10.7. The number of nitrogens with one attached hydrogen (secondary N) is 1. The molecular weight excluding hydrogens is 210 g/mol. The van der Waals surface area contributed by atoms with Crippen LogP contribution in [0.25, 0.3) is 0 Å². The number of ether oxygens (including phenoxy) is 1. The molecule has 2 heteroatoms. The SMILES string of the molecule is CCCc1ccc(NCCC2CCCO2)cc1. The normalized spacial score (nSPS) is 19.5.